The molecule has 0 radical (unpaired) electrons. The molecule has 0 fully saturated rings. The van der Waals surface area contributed by atoms with Crippen LogP contribution in [-0.2, 0) is 5.41 Å². The monoisotopic (exact) mass is 756 g/mol. The zero-order valence-electron chi connectivity index (χ0n) is 31.6. The minimum Gasteiger partial charge on any atom is -0.310 e. The summed E-state index contributed by atoms with van der Waals surface area (Å²) < 4.78 is 2.61. The fourth-order valence-corrected chi connectivity index (χ4v) is 11.2. The van der Waals surface area contributed by atoms with Crippen LogP contribution in [0.1, 0.15) is 22.3 Å². The van der Waals surface area contributed by atoms with Crippen molar-refractivity contribution < 1.29 is 0 Å². The summed E-state index contributed by atoms with van der Waals surface area (Å²) in [6, 6.07) is 80.3. The van der Waals surface area contributed by atoms with E-state index >= 15 is 0 Å². The van der Waals surface area contributed by atoms with Crippen LogP contribution in [0.15, 0.2) is 218 Å². The standard InChI is InChI=1S/C55H36N2S/c1-5-19-37(20-6-1)56(38-21-7-2-8-22-38)41-33-34-44-48(35-41)55(46-30-16-13-27-42(46)43-28-14-17-31-47(43)55)49-36-50(53-45-29-15-18-32-51(45)58-54(53)52(44)49)57(39-23-9-3-10-24-39)40-25-11-4-12-26-40/h1-36H. The number of fused-ring (bicyclic) bond motifs is 14. The first-order valence-corrected chi connectivity index (χ1v) is 20.8. The number of benzene rings is 9. The number of rotatable bonds is 6. The van der Waals surface area contributed by atoms with Gasteiger partial charge in [0, 0.05) is 54.2 Å². The average Bonchev–Trinajstić information content (AvgIpc) is 3.92. The molecule has 1 aromatic heterocycles. The lowest BCUT2D eigenvalue weighted by Crippen LogP contribution is -2.26. The highest BCUT2D eigenvalue weighted by Crippen LogP contribution is 2.66. The van der Waals surface area contributed by atoms with Gasteiger partial charge >= 0.3 is 0 Å². The van der Waals surface area contributed by atoms with Crippen LogP contribution in [0.25, 0.3) is 42.4 Å². The zero-order valence-corrected chi connectivity index (χ0v) is 32.4. The molecule has 1 spiro atoms. The highest BCUT2D eigenvalue weighted by Gasteiger charge is 2.53. The minimum atomic E-state index is -0.564. The number of hydrogen-bond acceptors (Lipinski definition) is 3. The molecule has 9 aromatic carbocycles. The van der Waals surface area contributed by atoms with E-state index in [1.165, 1.54) is 70.4 Å². The van der Waals surface area contributed by atoms with E-state index in [0.29, 0.717) is 0 Å². The van der Waals surface area contributed by atoms with E-state index in [1.807, 2.05) is 11.3 Å². The van der Waals surface area contributed by atoms with Crippen LogP contribution in [0.4, 0.5) is 34.1 Å². The van der Waals surface area contributed by atoms with Crippen LogP contribution in [0.2, 0.25) is 0 Å². The molecule has 2 nitrogen and oxygen atoms in total. The van der Waals surface area contributed by atoms with Crippen molar-refractivity contribution in [3.05, 3.63) is 241 Å². The highest BCUT2D eigenvalue weighted by atomic mass is 32.1. The Balaban J connectivity index is 1.24. The average molecular weight is 757 g/mol. The van der Waals surface area contributed by atoms with Gasteiger partial charge in [-0.05, 0) is 112 Å². The van der Waals surface area contributed by atoms with Crippen molar-refractivity contribution in [3.63, 3.8) is 0 Å². The number of nitrogens with zero attached hydrogens (tertiary/aromatic N) is 2. The van der Waals surface area contributed by atoms with Gasteiger partial charge in [-0.1, -0.05) is 146 Å². The number of hydrogen-bond donors (Lipinski definition) is 0. The van der Waals surface area contributed by atoms with Crippen molar-refractivity contribution >= 4 is 65.6 Å². The molecule has 0 bridgehead atoms. The van der Waals surface area contributed by atoms with Gasteiger partial charge in [-0.15, -0.1) is 11.3 Å². The first-order chi connectivity index (χ1) is 28.8. The van der Waals surface area contributed by atoms with Gasteiger partial charge in [0.2, 0.25) is 0 Å². The van der Waals surface area contributed by atoms with Crippen molar-refractivity contribution in [2.24, 2.45) is 0 Å². The van der Waals surface area contributed by atoms with E-state index in [2.05, 4.69) is 228 Å². The molecule has 0 atom stereocenters. The summed E-state index contributed by atoms with van der Waals surface area (Å²) in [5.41, 5.74) is 16.8. The summed E-state index contributed by atoms with van der Waals surface area (Å²) in [6.07, 6.45) is 0. The van der Waals surface area contributed by atoms with E-state index in [1.54, 1.807) is 0 Å². The van der Waals surface area contributed by atoms with Crippen molar-refractivity contribution in [1.82, 2.24) is 0 Å². The maximum atomic E-state index is 2.56. The van der Waals surface area contributed by atoms with Crippen LogP contribution in [0.3, 0.4) is 0 Å². The molecule has 0 saturated carbocycles. The third-order valence-corrected chi connectivity index (χ3v) is 13.4. The maximum absolute atomic E-state index is 2.56. The lowest BCUT2D eigenvalue weighted by molar-refractivity contribution is 0.794. The molecule has 272 valence electrons. The largest absolute Gasteiger partial charge is 0.310 e. The summed E-state index contributed by atoms with van der Waals surface area (Å²) in [4.78, 5) is 4.87. The quantitative estimate of drug-likeness (QED) is 0.167. The second kappa shape index (κ2) is 12.9. The summed E-state index contributed by atoms with van der Waals surface area (Å²) in [7, 11) is 0. The fraction of sp³-hybridized carbons (Fsp3) is 0.0182. The van der Waals surface area contributed by atoms with Crippen molar-refractivity contribution in [2.75, 3.05) is 9.80 Å². The molecule has 0 N–H and O–H groups in total. The Bertz CT molecular complexity index is 3050. The summed E-state index contributed by atoms with van der Waals surface area (Å²) in [5, 5.41) is 2.57. The predicted octanol–water partition coefficient (Wildman–Crippen LogP) is 15.3. The molecule has 58 heavy (non-hydrogen) atoms. The van der Waals surface area contributed by atoms with Crippen molar-refractivity contribution in [2.45, 2.75) is 5.41 Å². The van der Waals surface area contributed by atoms with Gasteiger partial charge < -0.3 is 9.80 Å². The second-order valence-corrected chi connectivity index (χ2v) is 16.3. The summed E-state index contributed by atoms with van der Waals surface area (Å²) in [6.45, 7) is 0. The molecule has 0 unspecified atom stereocenters. The Morgan fingerprint density at radius 3 is 1.40 bits per heavy atom. The van der Waals surface area contributed by atoms with Gasteiger partial charge in [0.1, 0.15) is 0 Å². The smallest absolute Gasteiger partial charge is 0.0727 e. The number of anilines is 6. The number of thiophene rings is 1. The molecule has 1 heterocycles. The molecule has 12 rings (SSSR count). The van der Waals surface area contributed by atoms with Gasteiger partial charge in [0.15, 0.2) is 0 Å². The third kappa shape index (κ3) is 4.65. The number of para-hydroxylation sites is 4. The van der Waals surface area contributed by atoms with Crippen LogP contribution in [0, 0.1) is 0 Å². The Kier molecular flexibility index (Phi) is 7.35. The fourth-order valence-electron chi connectivity index (χ4n) is 9.96. The Hall–Kier alpha value is -7.20. The van der Waals surface area contributed by atoms with E-state index in [0.717, 1.165) is 28.4 Å². The molecule has 10 aromatic rings. The lowest BCUT2D eigenvalue weighted by atomic mass is 9.70. The van der Waals surface area contributed by atoms with Gasteiger partial charge in [0.25, 0.3) is 0 Å². The van der Waals surface area contributed by atoms with Crippen LogP contribution < -0.4 is 9.80 Å². The molecule has 0 aliphatic heterocycles. The van der Waals surface area contributed by atoms with Crippen LogP contribution in [-0.4, -0.2) is 0 Å². The topological polar surface area (TPSA) is 6.48 Å². The molecule has 2 aliphatic carbocycles. The van der Waals surface area contributed by atoms with E-state index in [9.17, 15) is 0 Å². The minimum absolute atomic E-state index is 0.564. The van der Waals surface area contributed by atoms with Crippen LogP contribution >= 0.6 is 11.3 Å². The Morgan fingerprint density at radius 1 is 0.345 bits per heavy atom. The van der Waals surface area contributed by atoms with Crippen molar-refractivity contribution in [3.8, 4) is 22.3 Å². The third-order valence-electron chi connectivity index (χ3n) is 12.2. The normalized spacial score (nSPS) is 13.0. The highest BCUT2D eigenvalue weighted by molar-refractivity contribution is 7.26. The molecule has 0 saturated heterocycles. The van der Waals surface area contributed by atoms with E-state index < -0.39 is 5.41 Å². The summed E-state index contributed by atoms with van der Waals surface area (Å²) >= 11 is 1.92. The van der Waals surface area contributed by atoms with Gasteiger partial charge in [-0.25, -0.2) is 0 Å². The zero-order chi connectivity index (χ0) is 38.2. The SMILES string of the molecule is c1ccc(N(c2ccccc2)c2ccc3c(c2)C2(c4ccccc4-c4ccccc42)c2cc(N(c4ccccc4)c4ccccc4)c4c(sc5ccccc54)c2-3)cc1. The van der Waals surface area contributed by atoms with Gasteiger partial charge in [-0.2, -0.15) is 0 Å². The predicted molar refractivity (Wildman–Crippen MR) is 245 cm³/mol. The van der Waals surface area contributed by atoms with Crippen molar-refractivity contribution in [1.29, 1.82) is 0 Å². The molecule has 2 aliphatic rings. The van der Waals surface area contributed by atoms with E-state index in [-0.39, 0.29) is 0 Å². The maximum Gasteiger partial charge on any atom is 0.0727 e. The molecular weight excluding hydrogens is 721 g/mol. The summed E-state index contributed by atoms with van der Waals surface area (Å²) in [5.74, 6) is 0. The van der Waals surface area contributed by atoms with Gasteiger partial charge in [-0.3, -0.25) is 0 Å². The van der Waals surface area contributed by atoms with Crippen LogP contribution in [0.5, 0.6) is 0 Å². The molecular formula is C55H36N2S. The molecule has 0 amide bonds. The lowest BCUT2D eigenvalue weighted by Gasteiger charge is -2.33. The first-order valence-electron chi connectivity index (χ1n) is 19.9. The van der Waals surface area contributed by atoms with E-state index in [4.69, 9.17) is 0 Å². The Labute approximate surface area is 342 Å². The Morgan fingerprint density at radius 2 is 0.828 bits per heavy atom. The van der Waals surface area contributed by atoms with Gasteiger partial charge in [0.05, 0.1) is 11.1 Å². The molecule has 3 heteroatoms. The first kappa shape index (κ1) is 33.0. The second-order valence-electron chi connectivity index (χ2n) is 15.2.